The van der Waals surface area contributed by atoms with Crippen molar-refractivity contribution in [3.8, 4) is 5.69 Å². The minimum absolute atomic E-state index is 0.0492. The van der Waals surface area contributed by atoms with Crippen LogP contribution in [0.15, 0.2) is 41.3 Å². The fourth-order valence-electron chi connectivity index (χ4n) is 2.01. The normalized spacial score (nSPS) is 10.6. The van der Waals surface area contributed by atoms with E-state index < -0.39 is 5.56 Å². The predicted octanol–water partition coefficient (Wildman–Crippen LogP) is 2.21. The second-order valence-corrected chi connectivity index (χ2v) is 5.70. The molecule has 0 unspecified atom stereocenters. The molecule has 0 atom stereocenters. The van der Waals surface area contributed by atoms with E-state index in [9.17, 15) is 9.59 Å². The molecule has 122 valence electrons. The van der Waals surface area contributed by atoms with Crippen molar-refractivity contribution in [1.82, 2.24) is 15.1 Å². The molecule has 0 aliphatic carbocycles. The molecule has 23 heavy (non-hydrogen) atoms. The average molecular weight is 335 g/mol. The number of rotatable bonds is 6. The van der Waals surface area contributed by atoms with Crippen LogP contribution in [-0.4, -0.2) is 28.3 Å². The Kier molecular flexibility index (Phi) is 5.76. The minimum atomic E-state index is -0.408. The number of nitrogens with one attached hydrogen (secondary N) is 2. The summed E-state index contributed by atoms with van der Waals surface area (Å²) in [5.74, 6) is -0.0609. The number of carbonyl (C=O) groups excluding carboxylic acids is 1. The summed E-state index contributed by atoms with van der Waals surface area (Å²) in [7, 11) is 0. The van der Waals surface area contributed by atoms with Crippen LogP contribution in [0.1, 0.15) is 20.3 Å². The van der Waals surface area contributed by atoms with Crippen molar-refractivity contribution >= 4 is 23.2 Å². The van der Waals surface area contributed by atoms with E-state index in [1.807, 2.05) is 32.0 Å². The van der Waals surface area contributed by atoms with Crippen LogP contribution < -0.4 is 16.2 Å². The van der Waals surface area contributed by atoms with Gasteiger partial charge < -0.3 is 10.6 Å². The van der Waals surface area contributed by atoms with Crippen LogP contribution in [0.2, 0.25) is 5.02 Å². The highest BCUT2D eigenvalue weighted by atomic mass is 35.5. The molecule has 0 fully saturated rings. The smallest absolute Gasteiger partial charge is 0.292 e. The van der Waals surface area contributed by atoms with Gasteiger partial charge >= 0.3 is 0 Å². The van der Waals surface area contributed by atoms with Gasteiger partial charge in [0.2, 0.25) is 5.91 Å². The van der Waals surface area contributed by atoms with E-state index >= 15 is 0 Å². The number of anilines is 1. The van der Waals surface area contributed by atoms with Gasteiger partial charge in [0, 0.05) is 19.0 Å². The van der Waals surface area contributed by atoms with Gasteiger partial charge in [-0.25, -0.2) is 0 Å². The quantitative estimate of drug-likeness (QED) is 0.849. The fraction of sp³-hybridized carbons (Fsp3) is 0.312. The van der Waals surface area contributed by atoms with Crippen molar-refractivity contribution in [3.63, 3.8) is 0 Å². The SMILES string of the molecule is CC(C)NC(=O)CCNc1cnn(-c2ccccc2)c(=O)c1Cl. The van der Waals surface area contributed by atoms with Gasteiger partial charge in [0.25, 0.3) is 5.56 Å². The van der Waals surface area contributed by atoms with Gasteiger partial charge in [0.05, 0.1) is 17.6 Å². The third kappa shape index (κ3) is 4.56. The highest BCUT2D eigenvalue weighted by Crippen LogP contribution is 2.16. The number of benzene rings is 1. The predicted molar refractivity (Wildman–Crippen MR) is 91.2 cm³/mol. The van der Waals surface area contributed by atoms with Crippen molar-refractivity contribution in [2.24, 2.45) is 0 Å². The number of nitrogens with zero attached hydrogens (tertiary/aromatic N) is 2. The first-order valence-corrected chi connectivity index (χ1v) is 7.73. The third-order valence-electron chi connectivity index (χ3n) is 3.04. The second-order valence-electron chi connectivity index (χ2n) is 5.32. The van der Waals surface area contributed by atoms with Crippen molar-refractivity contribution in [2.75, 3.05) is 11.9 Å². The number of aromatic nitrogens is 2. The fourth-order valence-corrected chi connectivity index (χ4v) is 2.21. The van der Waals surface area contributed by atoms with Gasteiger partial charge in [-0.2, -0.15) is 9.78 Å². The molecule has 1 aromatic carbocycles. The summed E-state index contributed by atoms with van der Waals surface area (Å²) in [5.41, 5.74) is 0.651. The Morgan fingerprint density at radius 1 is 1.30 bits per heavy atom. The topological polar surface area (TPSA) is 76.0 Å². The van der Waals surface area contributed by atoms with E-state index in [-0.39, 0.29) is 23.4 Å². The van der Waals surface area contributed by atoms with Gasteiger partial charge in [-0.1, -0.05) is 29.8 Å². The lowest BCUT2D eigenvalue weighted by Gasteiger charge is -2.11. The maximum Gasteiger partial charge on any atom is 0.292 e. The third-order valence-corrected chi connectivity index (χ3v) is 3.40. The molecule has 1 heterocycles. The van der Waals surface area contributed by atoms with Crippen molar-refractivity contribution in [2.45, 2.75) is 26.3 Å². The van der Waals surface area contributed by atoms with Gasteiger partial charge in [0.15, 0.2) is 0 Å². The lowest BCUT2D eigenvalue weighted by Crippen LogP contribution is -2.31. The Labute approximate surface area is 139 Å². The summed E-state index contributed by atoms with van der Waals surface area (Å²) in [4.78, 5) is 23.9. The first-order chi connectivity index (χ1) is 11.0. The molecule has 0 radical (unpaired) electrons. The molecule has 1 amide bonds. The lowest BCUT2D eigenvalue weighted by atomic mass is 10.3. The molecule has 6 nitrogen and oxygen atoms in total. The number of hydrogen-bond acceptors (Lipinski definition) is 4. The molecule has 0 bridgehead atoms. The molecule has 0 spiro atoms. The van der Waals surface area contributed by atoms with Crippen LogP contribution in [0.5, 0.6) is 0 Å². The number of hydrogen-bond donors (Lipinski definition) is 2. The van der Waals surface area contributed by atoms with E-state index in [1.165, 1.54) is 10.9 Å². The molecule has 0 aliphatic rings. The second kappa shape index (κ2) is 7.78. The lowest BCUT2D eigenvalue weighted by molar-refractivity contribution is -0.121. The summed E-state index contributed by atoms with van der Waals surface area (Å²) in [6.45, 7) is 4.17. The van der Waals surface area contributed by atoms with Gasteiger partial charge in [-0.05, 0) is 26.0 Å². The van der Waals surface area contributed by atoms with Crippen LogP contribution in [0, 0.1) is 0 Å². The molecular weight excluding hydrogens is 316 g/mol. The monoisotopic (exact) mass is 334 g/mol. The zero-order valence-corrected chi connectivity index (χ0v) is 13.8. The Bertz CT molecular complexity index is 729. The zero-order chi connectivity index (χ0) is 16.8. The summed E-state index contributed by atoms with van der Waals surface area (Å²) in [6.07, 6.45) is 1.77. The van der Waals surface area contributed by atoms with Gasteiger partial charge in [-0.3, -0.25) is 9.59 Å². The Morgan fingerprint density at radius 2 is 2.00 bits per heavy atom. The molecule has 1 aromatic heterocycles. The molecule has 2 rings (SSSR count). The number of amides is 1. The number of halogens is 1. The van der Waals surface area contributed by atoms with Crippen LogP contribution in [0.25, 0.3) is 5.69 Å². The van der Waals surface area contributed by atoms with Crippen molar-refractivity contribution < 1.29 is 4.79 Å². The maximum absolute atomic E-state index is 12.3. The molecule has 2 aromatic rings. The van der Waals surface area contributed by atoms with Crippen LogP contribution >= 0.6 is 11.6 Å². The Hall–Kier alpha value is -2.34. The zero-order valence-electron chi connectivity index (χ0n) is 13.0. The maximum atomic E-state index is 12.3. The Balaban J connectivity index is 2.06. The van der Waals surface area contributed by atoms with Crippen molar-refractivity contribution in [3.05, 3.63) is 51.9 Å². The highest BCUT2D eigenvalue weighted by Gasteiger charge is 2.11. The minimum Gasteiger partial charge on any atom is -0.382 e. The summed E-state index contributed by atoms with van der Waals surface area (Å²) >= 11 is 6.11. The van der Waals surface area contributed by atoms with Gasteiger partial charge in [-0.15, -0.1) is 0 Å². The van der Waals surface area contributed by atoms with Crippen LogP contribution in [-0.2, 0) is 4.79 Å². The first-order valence-electron chi connectivity index (χ1n) is 7.35. The van der Waals surface area contributed by atoms with E-state index in [1.54, 1.807) is 12.1 Å². The molecule has 7 heteroatoms. The van der Waals surface area contributed by atoms with Crippen LogP contribution in [0.4, 0.5) is 5.69 Å². The molecule has 0 aliphatic heterocycles. The van der Waals surface area contributed by atoms with E-state index in [0.717, 1.165) is 0 Å². The Morgan fingerprint density at radius 3 is 2.65 bits per heavy atom. The molecule has 0 saturated carbocycles. The van der Waals surface area contributed by atoms with Crippen LogP contribution in [0.3, 0.4) is 0 Å². The first kappa shape index (κ1) is 17.0. The number of para-hydroxylation sites is 1. The highest BCUT2D eigenvalue weighted by molar-refractivity contribution is 6.32. The molecule has 2 N–H and O–H groups in total. The average Bonchev–Trinajstić information content (AvgIpc) is 2.52. The largest absolute Gasteiger partial charge is 0.382 e. The summed E-state index contributed by atoms with van der Waals surface area (Å²) in [5, 5.41) is 9.92. The summed E-state index contributed by atoms with van der Waals surface area (Å²) in [6, 6.07) is 9.13. The van der Waals surface area contributed by atoms with Crippen molar-refractivity contribution in [1.29, 1.82) is 0 Å². The number of carbonyl (C=O) groups is 1. The molecular formula is C16H19ClN4O2. The van der Waals surface area contributed by atoms with E-state index in [4.69, 9.17) is 11.6 Å². The summed E-state index contributed by atoms with van der Waals surface area (Å²) < 4.78 is 1.24. The van der Waals surface area contributed by atoms with Gasteiger partial charge in [0.1, 0.15) is 5.02 Å². The van der Waals surface area contributed by atoms with E-state index in [2.05, 4.69) is 15.7 Å². The standard InChI is InChI=1S/C16H19ClN4O2/c1-11(2)20-14(22)8-9-18-13-10-19-21(16(23)15(13)17)12-6-4-3-5-7-12/h3-7,10-11,18H,8-9H2,1-2H3,(H,20,22). The molecule has 0 saturated heterocycles. The van der Waals surface area contributed by atoms with E-state index in [0.29, 0.717) is 17.9 Å².